The van der Waals surface area contributed by atoms with Crippen molar-refractivity contribution in [2.24, 2.45) is 0 Å². The van der Waals surface area contributed by atoms with Gasteiger partial charge < -0.3 is 20.9 Å². The van der Waals surface area contributed by atoms with E-state index in [-0.39, 0.29) is 23.9 Å². The lowest BCUT2D eigenvalue weighted by Crippen LogP contribution is -2.38. The van der Waals surface area contributed by atoms with Crippen LogP contribution in [0.15, 0.2) is 71.7 Å². The normalized spacial score (nSPS) is 13.4. The Morgan fingerprint density at radius 3 is 2.37 bits per heavy atom. The summed E-state index contributed by atoms with van der Waals surface area (Å²) in [6, 6.07) is 15.5. The van der Waals surface area contributed by atoms with E-state index in [1.807, 2.05) is 12.1 Å². The third-order valence-electron chi connectivity index (χ3n) is 8.34. The molecule has 2 heterocycles. The maximum absolute atomic E-state index is 14.1. The number of carbonyl (C=O) groups excluding carboxylic acids is 3. The number of halogens is 1. The van der Waals surface area contributed by atoms with Gasteiger partial charge in [0, 0.05) is 48.1 Å². The van der Waals surface area contributed by atoms with E-state index in [0.29, 0.717) is 39.2 Å². The summed E-state index contributed by atoms with van der Waals surface area (Å²) in [6.07, 6.45) is 3.37. The highest BCUT2D eigenvalue weighted by atomic mass is 19.1. The number of ketones is 1. The average molecular weight is 625 g/mol. The number of rotatable bonds is 10. The molecule has 5 rings (SSSR count). The van der Waals surface area contributed by atoms with Crippen LogP contribution in [0.4, 0.5) is 15.8 Å². The topological polar surface area (TPSA) is 125 Å². The first-order chi connectivity index (χ1) is 22.1. The van der Waals surface area contributed by atoms with Crippen molar-refractivity contribution in [2.75, 3.05) is 37.4 Å². The quantitative estimate of drug-likeness (QED) is 0.227. The molecule has 1 unspecified atom stereocenters. The van der Waals surface area contributed by atoms with Crippen LogP contribution in [0.2, 0.25) is 0 Å². The molecule has 10 nitrogen and oxygen atoms in total. The Morgan fingerprint density at radius 2 is 1.70 bits per heavy atom. The van der Waals surface area contributed by atoms with Crippen LogP contribution < -0.4 is 26.4 Å². The van der Waals surface area contributed by atoms with Crippen molar-refractivity contribution in [3.05, 3.63) is 111 Å². The highest BCUT2D eigenvalue weighted by molar-refractivity contribution is 6.09. The van der Waals surface area contributed by atoms with E-state index in [1.165, 1.54) is 35.0 Å². The van der Waals surface area contributed by atoms with Crippen molar-refractivity contribution in [3.63, 3.8) is 0 Å². The molecule has 1 atom stereocenters. The molecule has 2 amide bonds. The predicted octanol–water partition coefficient (Wildman–Crippen LogP) is 4.14. The van der Waals surface area contributed by atoms with Crippen LogP contribution in [-0.2, 0) is 11.3 Å². The standard InChI is InChI=1S/C35H37FN6O4/c1-21-28(8-7-9-29(21)34(45)38-4)32-39-19-30(40-33(44)22(2)37-3)35(46)42(32)20-23-16-25(18-27(17-23)41-14-5-6-15-41)31(43)24-10-12-26(36)13-11-24/h7-13,16-19,22,37H,5-6,14-15,20H2,1-4H3,(H,38,45)(H,40,44). The highest BCUT2D eigenvalue weighted by Crippen LogP contribution is 2.28. The molecule has 1 aliphatic heterocycles. The van der Waals surface area contributed by atoms with Gasteiger partial charge >= 0.3 is 0 Å². The summed E-state index contributed by atoms with van der Waals surface area (Å²) in [7, 11) is 3.19. The maximum Gasteiger partial charge on any atom is 0.277 e. The fourth-order valence-corrected chi connectivity index (χ4v) is 5.57. The molecule has 1 saturated heterocycles. The van der Waals surface area contributed by atoms with E-state index in [1.54, 1.807) is 52.2 Å². The van der Waals surface area contributed by atoms with Gasteiger partial charge in [-0.3, -0.25) is 23.7 Å². The van der Waals surface area contributed by atoms with Crippen molar-refractivity contribution in [2.45, 2.75) is 39.3 Å². The molecule has 0 saturated carbocycles. The van der Waals surface area contributed by atoms with E-state index >= 15 is 0 Å². The van der Waals surface area contributed by atoms with Gasteiger partial charge in [0.15, 0.2) is 5.78 Å². The van der Waals surface area contributed by atoms with Gasteiger partial charge in [-0.25, -0.2) is 9.37 Å². The SMILES string of the molecule is CNC(=O)c1cccc(-c2ncc(NC(=O)C(C)NC)c(=O)n2Cc2cc(C(=O)c3ccc(F)cc3)cc(N3CCCC3)c2)c1C. The minimum atomic E-state index is -0.559. The van der Waals surface area contributed by atoms with Crippen LogP contribution in [0, 0.1) is 12.7 Å². The van der Waals surface area contributed by atoms with Gasteiger partial charge in [0.05, 0.1) is 18.8 Å². The van der Waals surface area contributed by atoms with Gasteiger partial charge in [-0.15, -0.1) is 0 Å². The monoisotopic (exact) mass is 624 g/mol. The average Bonchev–Trinajstić information content (AvgIpc) is 3.61. The molecule has 1 aliphatic rings. The smallest absolute Gasteiger partial charge is 0.277 e. The Balaban J connectivity index is 1.66. The summed E-state index contributed by atoms with van der Waals surface area (Å²) in [4.78, 5) is 59.9. The summed E-state index contributed by atoms with van der Waals surface area (Å²) in [6.45, 7) is 5.14. The molecular formula is C35H37FN6O4. The summed E-state index contributed by atoms with van der Waals surface area (Å²) >= 11 is 0. The number of hydrogen-bond acceptors (Lipinski definition) is 7. The molecule has 0 aliphatic carbocycles. The van der Waals surface area contributed by atoms with E-state index in [9.17, 15) is 23.6 Å². The van der Waals surface area contributed by atoms with E-state index in [0.717, 1.165) is 31.6 Å². The molecular weight excluding hydrogens is 587 g/mol. The zero-order chi connectivity index (χ0) is 33.0. The highest BCUT2D eigenvalue weighted by Gasteiger charge is 2.22. The number of aromatic nitrogens is 2. The first-order valence-electron chi connectivity index (χ1n) is 15.2. The minimum absolute atomic E-state index is 0.00531. The summed E-state index contributed by atoms with van der Waals surface area (Å²) in [5.74, 6) is -1.09. The number of likely N-dealkylation sites (N-methyl/N-ethyl adjacent to an activating group) is 1. The lowest BCUT2D eigenvalue weighted by molar-refractivity contribution is -0.117. The third-order valence-corrected chi connectivity index (χ3v) is 8.34. The Hall–Kier alpha value is -5.16. The number of amides is 2. The van der Waals surface area contributed by atoms with Crippen molar-refractivity contribution in [3.8, 4) is 11.4 Å². The van der Waals surface area contributed by atoms with Crippen LogP contribution in [-0.4, -0.2) is 60.4 Å². The molecule has 46 heavy (non-hydrogen) atoms. The van der Waals surface area contributed by atoms with Gasteiger partial charge in [0.1, 0.15) is 17.3 Å². The molecule has 3 N–H and O–H groups in total. The van der Waals surface area contributed by atoms with Crippen LogP contribution in [0.5, 0.6) is 0 Å². The molecule has 0 radical (unpaired) electrons. The molecule has 11 heteroatoms. The van der Waals surface area contributed by atoms with Gasteiger partial charge in [0.2, 0.25) is 5.91 Å². The van der Waals surface area contributed by atoms with Crippen molar-refractivity contribution in [1.82, 2.24) is 20.2 Å². The first kappa shape index (κ1) is 32.2. The molecule has 238 valence electrons. The molecule has 3 aromatic carbocycles. The Kier molecular flexibility index (Phi) is 9.72. The second-order valence-corrected chi connectivity index (χ2v) is 11.4. The van der Waals surface area contributed by atoms with E-state index in [2.05, 4.69) is 25.8 Å². The van der Waals surface area contributed by atoms with Crippen LogP contribution >= 0.6 is 0 Å². The summed E-state index contributed by atoms with van der Waals surface area (Å²) in [5, 5.41) is 8.17. The largest absolute Gasteiger partial charge is 0.372 e. The van der Waals surface area contributed by atoms with Gasteiger partial charge in [-0.2, -0.15) is 0 Å². The van der Waals surface area contributed by atoms with E-state index < -0.39 is 23.3 Å². The van der Waals surface area contributed by atoms with Crippen LogP contribution in [0.1, 0.15) is 57.2 Å². The predicted molar refractivity (Wildman–Crippen MR) is 176 cm³/mol. The lowest BCUT2D eigenvalue weighted by atomic mass is 9.99. The molecule has 0 spiro atoms. The molecule has 1 fully saturated rings. The maximum atomic E-state index is 14.1. The Morgan fingerprint density at radius 1 is 0.978 bits per heavy atom. The van der Waals surface area contributed by atoms with Crippen molar-refractivity contribution < 1.29 is 18.8 Å². The van der Waals surface area contributed by atoms with Gasteiger partial charge in [-0.1, -0.05) is 12.1 Å². The van der Waals surface area contributed by atoms with Crippen LogP contribution in [0.25, 0.3) is 11.4 Å². The number of carbonyl (C=O) groups is 3. The molecule has 1 aromatic heterocycles. The summed E-state index contributed by atoms with van der Waals surface area (Å²) < 4.78 is 15.1. The van der Waals surface area contributed by atoms with E-state index in [4.69, 9.17) is 0 Å². The Labute approximate surface area is 266 Å². The number of nitrogens with one attached hydrogen (secondary N) is 3. The lowest BCUT2D eigenvalue weighted by Gasteiger charge is -2.21. The number of hydrogen-bond donors (Lipinski definition) is 3. The fourth-order valence-electron chi connectivity index (χ4n) is 5.57. The van der Waals surface area contributed by atoms with Crippen LogP contribution in [0.3, 0.4) is 0 Å². The number of nitrogens with zero attached hydrogens (tertiary/aromatic N) is 3. The number of benzene rings is 3. The summed E-state index contributed by atoms with van der Waals surface area (Å²) in [5.41, 5.74) is 3.37. The zero-order valence-electron chi connectivity index (χ0n) is 26.3. The fraction of sp³-hybridized carbons (Fsp3) is 0.286. The number of anilines is 2. The van der Waals surface area contributed by atoms with Crippen molar-refractivity contribution in [1.29, 1.82) is 0 Å². The zero-order valence-corrected chi connectivity index (χ0v) is 26.3. The second-order valence-electron chi connectivity index (χ2n) is 11.4. The van der Waals surface area contributed by atoms with Crippen molar-refractivity contribution >= 4 is 29.0 Å². The third kappa shape index (κ3) is 6.74. The molecule has 4 aromatic rings. The first-order valence-corrected chi connectivity index (χ1v) is 15.2. The second kappa shape index (κ2) is 13.9. The Bertz CT molecular complexity index is 1850. The minimum Gasteiger partial charge on any atom is -0.372 e. The van der Waals surface area contributed by atoms with Gasteiger partial charge in [-0.05, 0) is 93.4 Å². The molecule has 0 bridgehead atoms. The van der Waals surface area contributed by atoms with Gasteiger partial charge in [0.25, 0.3) is 11.5 Å².